The first-order chi connectivity index (χ1) is 5.60. The van der Waals surface area contributed by atoms with Gasteiger partial charge in [-0.15, -0.1) is 0 Å². The number of hydrogen-bond acceptors (Lipinski definition) is 5. The van der Waals surface area contributed by atoms with Crippen LogP contribution in [0.2, 0.25) is 0 Å². The topological polar surface area (TPSA) is 94.2 Å². The molecule has 0 spiro atoms. The fourth-order valence-corrected chi connectivity index (χ4v) is 1.93. The molecule has 1 unspecified atom stereocenters. The van der Waals surface area contributed by atoms with Gasteiger partial charge in [-0.1, -0.05) is 0 Å². The Morgan fingerprint density at radius 1 is 1.50 bits per heavy atom. The molecular weight excluding hydrogens is 180 g/mol. The molecule has 0 aliphatic carbocycles. The van der Waals surface area contributed by atoms with Crippen LogP contribution < -0.4 is 0 Å². The molecule has 1 aliphatic rings. The molecule has 0 aromatic heterocycles. The van der Waals surface area contributed by atoms with E-state index in [4.69, 9.17) is 10.5 Å². The second-order valence-electron chi connectivity index (χ2n) is 2.42. The Balaban J connectivity index is 2.71. The molecule has 1 fully saturated rings. The summed E-state index contributed by atoms with van der Waals surface area (Å²) in [5, 5.41) is 15.1. The lowest BCUT2D eigenvalue weighted by Gasteiger charge is -1.99. The zero-order valence-corrected chi connectivity index (χ0v) is 6.91. The molecule has 1 saturated heterocycles. The molecule has 12 heavy (non-hydrogen) atoms. The van der Waals surface area contributed by atoms with Crippen LogP contribution in [0.5, 0.6) is 0 Å². The summed E-state index contributed by atoms with van der Waals surface area (Å²) >= 11 is 0. The molecule has 0 aromatic carbocycles. The summed E-state index contributed by atoms with van der Waals surface area (Å²) in [7, 11) is -3.61. The van der Waals surface area contributed by atoms with Crippen molar-refractivity contribution in [2.45, 2.75) is 11.4 Å². The van der Waals surface area contributed by atoms with E-state index in [0.29, 0.717) is 6.61 Å². The molecule has 0 aromatic rings. The van der Waals surface area contributed by atoms with Crippen LogP contribution in [0.4, 0.5) is 0 Å². The molecule has 1 aliphatic heterocycles. The molecule has 1 heterocycles. The van der Waals surface area contributed by atoms with Crippen LogP contribution in [0.25, 0.3) is 0 Å². The van der Waals surface area contributed by atoms with Gasteiger partial charge in [-0.05, 0) is 0 Å². The van der Waals surface area contributed by atoms with Gasteiger partial charge in [0.05, 0.1) is 30.6 Å². The molecule has 0 amide bonds. The molecular formula is C6H6N2O3S. The monoisotopic (exact) mass is 186 g/mol. The summed E-state index contributed by atoms with van der Waals surface area (Å²) < 4.78 is 26.9. The highest BCUT2D eigenvalue weighted by Gasteiger charge is 2.34. The van der Waals surface area contributed by atoms with E-state index in [-0.39, 0.29) is 11.9 Å². The van der Waals surface area contributed by atoms with Crippen molar-refractivity contribution in [1.82, 2.24) is 0 Å². The predicted octanol–water partition coefficient (Wildman–Crippen LogP) is -0.784. The number of epoxide rings is 1. The number of nitrogens with zero attached hydrogens (tertiary/aromatic N) is 2. The van der Waals surface area contributed by atoms with E-state index >= 15 is 0 Å². The van der Waals surface area contributed by atoms with Crippen molar-refractivity contribution in [3.8, 4) is 12.1 Å². The lowest BCUT2D eigenvalue weighted by atomic mass is 10.5. The minimum absolute atomic E-state index is 0.223. The van der Waals surface area contributed by atoms with E-state index in [1.165, 1.54) is 12.1 Å². The van der Waals surface area contributed by atoms with E-state index in [2.05, 4.69) is 4.74 Å². The van der Waals surface area contributed by atoms with Gasteiger partial charge in [0.2, 0.25) is 5.25 Å². The number of nitriles is 2. The van der Waals surface area contributed by atoms with Crippen molar-refractivity contribution in [1.29, 1.82) is 10.5 Å². The second kappa shape index (κ2) is 3.10. The van der Waals surface area contributed by atoms with Gasteiger partial charge < -0.3 is 4.74 Å². The highest BCUT2D eigenvalue weighted by atomic mass is 32.2. The van der Waals surface area contributed by atoms with E-state index in [1.54, 1.807) is 0 Å². The van der Waals surface area contributed by atoms with E-state index < -0.39 is 15.1 Å². The van der Waals surface area contributed by atoms with E-state index in [9.17, 15) is 8.42 Å². The lowest BCUT2D eigenvalue weighted by Crippen LogP contribution is -2.23. The molecule has 0 radical (unpaired) electrons. The van der Waals surface area contributed by atoms with Gasteiger partial charge in [0, 0.05) is 0 Å². The van der Waals surface area contributed by atoms with Gasteiger partial charge in [0.25, 0.3) is 0 Å². The maximum atomic E-state index is 11.1. The van der Waals surface area contributed by atoms with Gasteiger partial charge in [-0.3, -0.25) is 0 Å². The molecule has 0 N–H and O–H groups in total. The summed E-state index contributed by atoms with van der Waals surface area (Å²) in [5.74, 6) is -0.223. The zero-order chi connectivity index (χ0) is 9.19. The third-order valence-electron chi connectivity index (χ3n) is 1.41. The average molecular weight is 186 g/mol. The molecule has 5 nitrogen and oxygen atoms in total. The average Bonchev–Trinajstić information content (AvgIpc) is 2.72. The molecule has 6 heteroatoms. The van der Waals surface area contributed by atoms with Crippen LogP contribution in [0.1, 0.15) is 0 Å². The normalized spacial score (nSPS) is 21.4. The van der Waals surface area contributed by atoms with Crippen molar-refractivity contribution in [3.05, 3.63) is 0 Å². The standard InChI is InChI=1S/C6H6N2O3S/c7-1-6(2-8)12(9,10)4-5-3-11-5/h5-6H,3-4H2. The number of sulfone groups is 1. The predicted molar refractivity (Wildman–Crippen MR) is 38.5 cm³/mol. The van der Waals surface area contributed by atoms with Crippen molar-refractivity contribution in [2.24, 2.45) is 0 Å². The molecule has 64 valence electrons. The summed E-state index contributed by atoms with van der Waals surface area (Å²) in [4.78, 5) is 0. The lowest BCUT2D eigenvalue weighted by molar-refractivity contribution is 0.422. The maximum absolute atomic E-state index is 11.1. The summed E-state index contributed by atoms with van der Waals surface area (Å²) in [5.41, 5.74) is 0. The van der Waals surface area contributed by atoms with Crippen LogP contribution in [-0.4, -0.2) is 32.1 Å². The van der Waals surface area contributed by atoms with Crippen LogP contribution in [-0.2, 0) is 14.6 Å². The highest BCUT2D eigenvalue weighted by molar-refractivity contribution is 7.92. The quantitative estimate of drug-likeness (QED) is 0.538. The van der Waals surface area contributed by atoms with Crippen molar-refractivity contribution < 1.29 is 13.2 Å². The number of ether oxygens (including phenoxy) is 1. The Hall–Kier alpha value is -1.11. The van der Waals surface area contributed by atoms with Gasteiger partial charge >= 0.3 is 0 Å². The third kappa shape index (κ3) is 1.94. The second-order valence-corrected chi connectivity index (χ2v) is 4.55. The van der Waals surface area contributed by atoms with Gasteiger partial charge in [-0.2, -0.15) is 10.5 Å². The first-order valence-corrected chi connectivity index (χ1v) is 4.94. The Morgan fingerprint density at radius 2 is 2.00 bits per heavy atom. The number of hydrogen-bond donors (Lipinski definition) is 0. The zero-order valence-electron chi connectivity index (χ0n) is 6.10. The largest absolute Gasteiger partial charge is 0.372 e. The minimum Gasteiger partial charge on any atom is -0.372 e. The van der Waals surface area contributed by atoms with Gasteiger partial charge in [0.15, 0.2) is 9.84 Å². The van der Waals surface area contributed by atoms with Crippen molar-refractivity contribution in [3.63, 3.8) is 0 Å². The summed E-state index contributed by atoms with van der Waals surface area (Å²) in [6.45, 7) is 0.406. The number of rotatable bonds is 3. The first-order valence-electron chi connectivity index (χ1n) is 3.22. The Bertz CT molecular complexity index is 330. The Labute approximate surface area is 70.1 Å². The fraction of sp³-hybridized carbons (Fsp3) is 0.667. The minimum atomic E-state index is -3.61. The van der Waals surface area contributed by atoms with Crippen LogP contribution in [0.15, 0.2) is 0 Å². The van der Waals surface area contributed by atoms with Gasteiger partial charge in [-0.25, -0.2) is 8.42 Å². The van der Waals surface area contributed by atoms with Crippen molar-refractivity contribution in [2.75, 3.05) is 12.4 Å². The highest BCUT2D eigenvalue weighted by Crippen LogP contribution is 2.14. The molecule has 0 bridgehead atoms. The maximum Gasteiger partial charge on any atom is 0.233 e. The smallest absolute Gasteiger partial charge is 0.233 e. The fourth-order valence-electron chi connectivity index (χ4n) is 0.709. The van der Waals surface area contributed by atoms with E-state index in [0.717, 1.165) is 0 Å². The Morgan fingerprint density at radius 3 is 2.33 bits per heavy atom. The van der Waals surface area contributed by atoms with Crippen LogP contribution >= 0.6 is 0 Å². The third-order valence-corrected chi connectivity index (χ3v) is 3.18. The van der Waals surface area contributed by atoms with Crippen molar-refractivity contribution >= 4 is 9.84 Å². The van der Waals surface area contributed by atoms with Crippen LogP contribution in [0.3, 0.4) is 0 Å². The first kappa shape index (κ1) is 8.98. The SMILES string of the molecule is N#CC(C#N)S(=O)(=O)CC1CO1. The molecule has 1 atom stereocenters. The summed E-state index contributed by atoms with van der Waals surface area (Å²) in [6.07, 6.45) is -0.306. The molecule has 1 rings (SSSR count). The van der Waals surface area contributed by atoms with E-state index in [1.807, 2.05) is 0 Å². The Kier molecular flexibility index (Phi) is 2.32. The summed E-state index contributed by atoms with van der Waals surface area (Å²) in [6, 6.07) is 2.84. The van der Waals surface area contributed by atoms with Gasteiger partial charge in [0.1, 0.15) is 0 Å². The molecule has 0 saturated carbocycles. The van der Waals surface area contributed by atoms with Crippen LogP contribution in [0, 0.1) is 22.7 Å².